The lowest BCUT2D eigenvalue weighted by Crippen LogP contribution is -2.59. The highest BCUT2D eigenvalue weighted by Gasteiger charge is 2.42. The molecule has 5 heteroatoms. The van der Waals surface area contributed by atoms with Crippen molar-refractivity contribution in [3.63, 3.8) is 0 Å². The third-order valence-electron chi connectivity index (χ3n) is 11.0. The summed E-state index contributed by atoms with van der Waals surface area (Å²) in [5.41, 5.74) is 10.9. The Labute approximate surface area is 255 Å². The summed E-state index contributed by atoms with van der Waals surface area (Å²) in [5.74, 6) is 0. The van der Waals surface area contributed by atoms with E-state index in [2.05, 4.69) is 125 Å². The Kier molecular flexibility index (Phi) is 3.33. The van der Waals surface area contributed by atoms with Crippen LogP contribution in [0, 0.1) is 0 Å². The normalized spacial score (nSPS) is 13.7. The number of benzene rings is 9. The first-order chi connectivity index (χ1) is 22.3. The van der Waals surface area contributed by atoms with Gasteiger partial charge in [-0.25, -0.2) is 9.36 Å². The molecule has 0 saturated heterocycles. The van der Waals surface area contributed by atoms with Crippen LogP contribution < -0.4 is 16.4 Å². The van der Waals surface area contributed by atoms with E-state index in [1.54, 1.807) is 0 Å². The predicted octanol–water partition coefficient (Wildman–Crippen LogP) is 7.30. The zero-order valence-corrected chi connectivity index (χ0v) is 23.8. The third kappa shape index (κ3) is 2.20. The molecular formula is C40H19BN4. The summed E-state index contributed by atoms with van der Waals surface area (Å²) in [5, 5.41) is 26.2. The Hall–Kier alpha value is -5.94. The van der Waals surface area contributed by atoms with Gasteiger partial charge in [-0.2, -0.15) is 10.2 Å². The number of hydrogen-bond acceptors (Lipinski definition) is 2. The molecule has 0 spiro atoms. The fourth-order valence-corrected chi connectivity index (χ4v) is 9.40. The van der Waals surface area contributed by atoms with Gasteiger partial charge >= 0.3 is 0 Å². The lowest BCUT2D eigenvalue weighted by Gasteiger charge is -2.32. The largest absolute Gasteiger partial charge is 0.252 e. The van der Waals surface area contributed by atoms with Gasteiger partial charge < -0.3 is 0 Å². The Bertz CT molecular complexity index is 2960. The Balaban J connectivity index is 1.30. The van der Waals surface area contributed by atoms with Crippen LogP contribution in [0.2, 0.25) is 0 Å². The minimum absolute atomic E-state index is 0.0701. The predicted molar refractivity (Wildman–Crippen MR) is 188 cm³/mol. The molecule has 4 nitrogen and oxygen atoms in total. The molecule has 2 aliphatic heterocycles. The van der Waals surface area contributed by atoms with Gasteiger partial charge in [-0.05, 0) is 60.8 Å². The molecule has 0 fully saturated rings. The monoisotopic (exact) mass is 566 g/mol. The summed E-state index contributed by atoms with van der Waals surface area (Å²) >= 11 is 0. The van der Waals surface area contributed by atoms with Gasteiger partial charge in [0.1, 0.15) is 11.0 Å². The van der Waals surface area contributed by atoms with Crippen LogP contribution in [-0.4, -0.2) is 26.3 Å². The molecule has 4 heterocycles. The Morgan fingerprint density at radius 3 is 1.38 bits per heavy atom. The van der Waals surface area contributed by atoms with E-state index in [0.717, 1.165) is 22.4 Å². The summed E-state index contributed by atoms with van der Waals surface area (Å²) in [7, 11) is 0. The molecule has 0 atom stereocenters. The third-order valence-corrected chi connectivity index (χ3v) is 11.0. The summed E-state index contributed by atoms with van der Waals surface area (Å²) in [4.78, 5) is 0. The van der Waals surface area contributed by atoms with Crippen molar-refractivity contribution in [2.75, 3.05) is 0 Å². The Morgan fingerprint density at radius 1 is 0.422 bits per heavy atom. The summed E-state index contributed by atoms with van der Waals surface area (Å²) in [6.07, 6.45) is 0. The van der Waals surface area contributed by atoms with Gasteiger partial charge in [0, 0.05) is 32.3 Å². The van der Waals surface area contributed by atoms with Crippen LogP contribution in [0.1, 0.15) is 0 Å². The molecule has 202 valence electrons. The smallest absolute Gasteiger partial charge is 0.233 e. The van der Waals surface area contributed by atoms with Crippen LogP contribution in [0.25, 0.3) is 98.1 Å². The maximum atomic E-state index is 5.45. The van der Waals surface area contributed by atoms with Gasteiger partial charge in [0.15, 0.2) is 0 Å². The highest BCUT2D eigenvalue weighted by atomic mass is 15.3. The first-order valence-electron chi connectivity index (χ1n) is 15.6. The molecule has 2 aliphatic rings. The highest BCUT2D eigenvalue weighted by Crippen LogP contribution is 2.44. The van der Waals surface area contributed by atoms with Crippen molar-refractivity contribution in [1.29, 1.82) is 0 Å². The van der Waals surface area contributed by atoms with Crippen molar-refractivity contribution in [2.45, 2.75) is 0 Å². The van der Waals surface area contributed by atoms with E-state index in [4.69, 9.17) is 10.2 Å². The molecule has 0 aliphatic carbocycles. The van der Waals surface area contributed by atoms with Crippen LogP contribution in [0.3, 0.4) is 0 Å². The summed E-state index contributed by atoms with van der Waals surface area (Å²) in [6, 6.07) is 42.7. The zero-order valence-electron chi connectivity index (χ0n) is 23.8. The van der Waals surface area contributed by atoms with Crippen molar-refractivity contribution in [3.8, 4) is 11.4 Å². The van der Waals surface area contributed by atoms with E-state index in [0.29, 0.717) is 0 Å². The van der Waals surface area contributed by atoms with E-state index in [-0.39, 0.29) is 6.71 Å². The van der Waals surface area contributed by atoms with Crippen molar-refractivity contribution < 1.29 is 0 Å². The van der Waals surface area contributed by atoms with Crippen molar-refractivity contribution in [2.24, 2.45) is 0 Å². The van der Waals surface area contributed by atoms with Crippen LogP contribution in [-0.2, 0) is 0 Å². The van der Waals surface area contributed by atoms with E-state index in [1.165, 1.54) is 92.1 Å². The van der Waals surface area contributed by atoms with Gasteiger partial charge in [-0.3, -0.25) is 0 Å². The first kappa shape index (κ1) is 21.7. The van der Waals surface area contributed by atoms with E-state index in [9.17, 15) is 0 Å². The lowest BCUT2D eigenvalue weighted by molar-refractivity contribution is 0.909. The van der Waals surface area contributed by atoms with Gasteiger partial charge in [0.2, 0.25) is 0 Å². The molecule has 0 saturated carbocycles. The summed E-state index contributed by atoms with van der Waals surface area (Å²) in [6.45, 7) is 0.0701. The average molecular weight is 566 g/mol. The Morgan fingerprint density at radius 2 is 0.867 bits per heavy atom. The topological polar surface area (TPSA) is 35.6 Å². The highest BCUT2D eigenvalue weighted by molar-refractivity contribution is 7.00. The van der Waals surface area contributed by atoms with Crippen LogP contribution in [0.5, 0.6) is 0 Å². The quantitative estimate of drug-likeness (QED) is 0.110. The van der Waals surface area contributed by atoms with Gasteiger partial charge in [0.25, 0.3) is 6.71 Å². The molecule has 13 rings (SSSR count). The maximum absolute atomic E-state index is 5.45. The fourth-order valence-electron chi connectivity index (χ4n) is 9.40. The molecule has 45 heavy (non-hydrogen) atoms. The molecule has 0 unspecified atom stereocenters. The average Bonchev–Trinajstić information content (AvgIpc) is 3.70. The minimum atomic E-state index is 0.0701. The van der Waals surface area contributed by atoms with E-state index >= 15 is 0 Å². The second-order valence-electron chi connectivity index (χ2n) is 12.9. The number of hydrogen-bond donors (Lipinski definition) is 0. The molecular weight excluding hydrogens is 547 g/mol. The standard InChI is InChI=1S/C40H19BN4/c1-3-12-26-22(10-1)24-14-5-8-20-18-28-39-34(32(20)24)37(26)42-44(39)30-16-7-17-31-36(30)41(28)29-19-21-9-6-15-25-23-11-2-4-13-27(23)38-35(33(21)25)40(29)45(31)43-38/h1-19H. The van der Waals surface area contributed by atoms with Crippen molar-refractivity contribution >= 4 is 110 Å². The second-order valence-corrected chi connectivity index (χ2v) is 12.9. The molecule has 11 aromatic rings. The zero-order chi connectivity index (χ0) is 28.7. The van der Waals surface area contributed by atoms with Crippen molar-refractivity contribution in [1.82, 2.24) is 19.6 Å². The van der Waals surface area contributed by atoms with Crippen LogP contribution in [0.15, 0.2) is 115 Å². The van der Waals surface area contributed by atoms with Crippen molar-refractivity contribution in [3.05, 3.63) is 115 Å². The number of fused-ring (bicyclic) bond motifs is 10. The first-order valence-corrected chi connectivity index (χ1v) is 15.6. The minimum Gasteiger partial charge on any atom is -0.233 e. The molecule has 0 radical (unpaired) electrons. The van der Waals surface area contributed by atoms with E-state index < -0.39 is 0 Å². The van der Waals surface area contributed by atoms with Crippen LogP contribution >= 0.6 is 0 Å². The van der Waals surface area contributed by atoms with Crippen LogP contribution in [0.4, 0.5) is 0 Å². The van der Waals surface area contributed by atoms with E-state index in [1.807, 2.05) is 0 Å². The number of nitrogens with zero attached hydrogens (tertiary/aromatic N) is 4. The molecule has 9 aromatic carbocycles. The second kappa shape index (κ2) is 6.90. The maximum Gasteiger partial charge on any atom is 0.252 e. The number of aromatic nitrogens is 4. The SMILES string of the molecule is c1cc2c3c(c1)-n1nc4c5ccccc5c5cccc6cc(c1c4c65)B3c1cc3cccc4c5ccccc5c5nn-2c1c5c34. The molecule has 0 bridgehead atoms. The summed E-state index contributed by atoms with van der Waals surface area (Å²) < 4.78 is 4.49. The van der Waals surface area contributed by atoms with Gasteiger partial charge in [-0.15, -0.1) is 0 Å². The number of rotatable bonds is 0. The lowest BCUT2D eigenvalue weighted by atomic mass is 9.34. The molecule has 2 aromatic heterocycles. The fraction of sp³-hybridized carbons (Fsp3) is 0. The molecule has 0 amide bonds. The van der Waals surface area contributed by atoms with Gasteiger partial charge in [-0.1, -0.05) is 103 Å². The van der Waals surface area contributed by atoms with Gasteiger partial charge in [0.05, 0.1) is 22.4 Å². The molecule has 0 N–H and O–H groups in total.